The van der Waals surface area contributed by atoms with Gasteiger partial charge in [-0.05, 0) is 37.6 Å². The number of carbonyl (C=O) groups is 1. The van der Waals surface area contributed by atoms with Gasteiger partial charge in [-0.15, -0.1) is 6.42 Å². The summed E-state index contributed by atoms with van der Waals surface area (Å²) in [5, 5.41) is 2.92. The summed E-state index contributed by atoms with van der Waals surface area (Å²) < 4.78 is 0. The Morgan fingerprint density at radius 2 is 1.95 bits per heavy atom. The summed E-state index contributed by atoms with van der Waals surface area (Å²) in [4.78, 5) is 16.8. The lowest BCUT2D eigenvalue weighted by atomic mass is 9.95. The summed E-state index contributed by atoms with van der Waals surface area (Å²) in [6.45, 7) is 3.83. The van der Waals surface area contributed by atoms with Crippen LogP contribution in [0.5, 0.6) is 0 Å². The number of anilines is 1. The number of benzene rings is 2. The minimum Gasteiger partial charge on any atom is -0.324 e. The summed E-state index contributed by atoms with van der Waals surface area (Å²) in [6, 6.07) is 13.1. The molecule has 3 heteroatoms. The normalized spacial score (nSPS) is 16.9. The molecule has 22 heavy (non-hydrogen) atoms. The first-order chi connectivity index (χ1) is 10.6. The molecule has 1 heterocycles. The molecular weight excluding hydrogens is 272 g/mol. The second kappa shape index (κ2) is 5.50. The van der Waals surface area contributed by atoms with Gasteiger partial charge in [-0.3, -0.25) is 9.79 Å². The van der Waals surface area contributed by atoms with E-state index >= 15 is 0 Å². The maximum absolute atomic E-state index is 12.1. The van der Waals surface area contributed by atoms with Crippen LogP contribution in [-0.4, -0.2) is 17.7 Å². The number of rotatable bonds is 1. The Hall–Kier alpha value is -2.86. The van der Waals surface area contributed by atoms with Gasteiger partial charge in [0.15, 0.2) is 0 Å². The largest absolute Gasteiger partial charge is 0.324 e. The predicted molar refractivity (Wildman–Crippen MR) is 89.3 cm³/mol. The van der Waals surface area contributed by atoms with E-state index in [1.807, 2.05) is 49.4 Å². The molecule has 0 fully saturated rings. The van der Waals surface area contributed by atoms with Gasteiger partial charge in [0.1, 0.15) is 6.04 Å². The Labute approximate surface area is 130 Å². The van der Waals surface area contributed by atoms with Crippen LogP contribution in [0.1, 0.15) is 29.2 Å². The van der Waals surface area contributed by atoms with Gasteiger partial charge in [-0.25, -0.2) is 0 Å². The average molecular weight is 288 g/mol. The van der Waals surface area contributed by atoms with E-state index in [1.165, 1.54) is 0 Å². The van der Waals surface area contributed by atoms with Crippen molar-refractivity contribution in [3.8, 4) is 12.3 Å². The van der Waals surface area contributed by atoms with E-state index in [0.29, 0.717) is 0 Å². The van der Waals surface area contributed by atoms with Crippen molar-refractivity contribution in [3.63, 3.8) is 0 Å². The number of fused-ring (bicyclic) bond motifs is 1. The zero-order chi connectivity index (χ0) is 15.7. The van der Waals surface area contributed by atoms with Crippen molar-refractivity contribution in [2.75, 3.05) is 5.32 Å². The maximum Gasteiger partial charge on any atom is 0.248 e. The van der Waals surface area contributed by atoms with Gasteiger partial charge in [-0.2, -0.15) is 0 Å². The number of hydrogen-bond acceptors (Lipinski definition) is 2. The molecule has 0 radical (unpaired) electrons. The van der Waals surface area contributed by atoms with E-state index in [0.717, 1.165) is 33.7 Å². The minimum absolute atomic E-state index is 0.113. The molecule has 0 saturated heterocycles. The van der Waals surface area contributed by atoms with Crippen molar-refractivity contribution < 1.29 is 4.79 Å². The van der Waals surface area contributed by atoms with Crippen molar-refractivity contribution >= 4 is 17.3 Å². The molecule has 0 saturated carbocycles. The number of amides is 1. The van der Waals surface area contributed by atoms with E-state index in [2.05, 4.69) is 16.2 Å². The fraction of sp³-hybridized carbons (Fsp3) is 0.158. The van der Waals surface area contributed by atoms with Crippen molar-refractivity contribution in [1.82, 2.24) is 0 Å². The highest BCUT2D eigenvalue weighted by Gasteiger charge is 2.23. The summed E-state index contributed by atoms with van der Waals surface area (Å²) in [6.07, 6.45) is 5.51. The number of aliphatic imine (C=N–C) groups is 1. The first-order valence-electron chi connectivity index (χ1n) is 7.16. The monoisotopic (exact) mass is 288 g/mol. The molecule has 3 rings (SSSR count). The summed E-state index contributed by atoms with van der Waals surface area (Å²) in [5.41, 5.74) is 5.30. The predicted octanol–water partition coefficient (Wildman–Crippen LogP) is 3.15. The van der Waals surface area contributed by atoms with Crippen molar-refractivity contribution in [3.05, 3.63) is 64.7 Å². The zero-order valence-electron chi connectivity index (χ0n) is 12.6. The van der Waals surface area contributed by atoms with Crippen LogP contribution in [0.2, 0.25) is 0 Å². The highest BCUT2D eigenvalue weighted by atomic mass is 16.2. The van der Waals surface area contributed by atoms with Crippen LogP contribution >= 0.6 is 0 Å². The lowest BCUT2D eigenvalue weighted by molar-refractivity contribution is -0.116. The number of aryl methyl sites for hydroxylation is 1. The Morgan fingerprint density at radius 1 is 1.18 bits per heavy atom. The van der Waals surface area contributed by atoms with E-state index in [4.69, 9.17) is 6.42 Å². The molecule has 1 amide bonds. The molecule has 0 bridgehead atoms. The Morgan fingerprint density at radius 3 is 2.68 bits per heavy atom. The van der Waals surface area contributed by atoms with Gasteiger partial charge >= 0.3 is 0 Å². The molecule has 0 unspecified atom stereocenters. The topological polar surface area (TPSA) is 41.5 Å². The van der Waals surface area contributed by atoms with Crippen molar-refractivity contribution in [2.24, 2.45) is 4.99 Å². The van der Waals surface area contributed by atoms with Crippen LogP contribution < -0.4 is 5.32 Å². The molecular formula is C19H16N2O. The summed E-state index contributed by atoms with van der Waals surface area (Å²) in [5.74, 6) is 2.53. The first-order valence-corrected chi connectivity index (χ1v) is 7.16. The van der Waals surface area contributed by atoms with Gasteiger partial charge in [0.05, 0.1) is 11.4 Å². The third-order valence-corrected chi connectivity index (χ3v) is 3.80. The number of benzodiazepines with no additional fused rings is 1. The highest BCUT2D eigenvalue weighted by molar-refractivity contribution is 6.20. The van der Waals surface area contributed by atoms with E-state index in [-0.39, 0.29) is 5.91 Å². The Balaban J connectivity index is 2.28. The third kappa shape index (κ3) is 2.40. The van der Waals surface area contributed by atoms with Crippen LogP contribution in [0, 0.1) is 19.3 Å². The lowest BCUT2D eigenvalue weighted by Gasteiger charge is -2.12. The smallest absolute Gasteiger partial charge is 0.248 e. The van der Waals surface area contributed by atoms with Crippen LogP contribution in [-0.2, 0) is 4.79 Å². The SMILES string of the molecule is C#Cc1ccc2c(c1)C(c1ccccc1C)=N[C@H](C)C(=O)N2. The minimum atomic E-state index is -0.448. The van der Waals surface area contributed by atoms with Gasteiger partial charge in [0.25, 0.3) is 0 Å². The molecule has 0 aliphatic carbocycles. The standard InChI is InChI=1S/C19H16N2O/c1-4-14-9-10-17-16(11-14)18(20-13(3)19(22)21-17)15-8-6-5-7-12(15)2/h1,5-11,13H,2-3H3,(H,21,22)/t13-/m1/s1. The first kappa shape index (κ1) is 14.1. The summed E-state index contributed by atoms with van der Waals surface area (Å²) in [7, 11) is 0. The molecule has 2 aromatic rings. The number of nitrogens with one attached hydrogen (secondary N) is 1. The fourth-order valence-electron chi connectivity index (χ4n) is 2.55. The number of hydrogen-bond donors (Lipinski definition) is 1. The lowest BCUT2D eigenvalue weighted by Crippen LogP contribution is -2.22. The van der Waals surface area contributed by atoms with Crippen LogP contribution in [0.15, 0.2) is 47.5 Å². The summed E-state index contributed by atoms with van der Waals surface area (Å²) >= 11 is 0. The zero-order valence-corrected chi connectivity index (χ0v) is 12.6. The van der Waals surface area contributed by atoms with Crippen molar-refractivity contribution in [1.29, 1.82) is 0 Å². The quantitative estimate of drug-likeness (QED) is 0.805. The fourth-order valence-corrected chi connectivity index (χ4v) is 2.55. The average Bonchev–Trinajstić information content (AvgIpc) is 2.65. The van der Waals surface area contributed by atoms with Crippen LogP contribution in [0.3, 0.4) is 0 Å². The van der Waals surface area contributed by atoms with Gasteiger partial charge < -0.3 is 5.32 Å². The van der Waals surface area contributed by atoms with E-state index in [9.17, 15) is 4.79 Å². The number of nitrogens with zero attached hydrogens (tertiary/aromatic N) is 1. The molecule has 2 aromatic carbocycles. The molecule has 1 N–H and O–H groups in total. The van der Waals surface area contributed by atoms with Gasteiger partial charge in [-0.1, -0.05) is 30.2 Å². The molecule has 1 aliphatic heterocycles. The Kier molecular flexibility index (Phi) is 3.52. The second-order valence-electron chi connectivity index (χ2n) is 5.36. The molecule has 3 nitrogen and oxygen atoms in total. The van der Waals surface area contributed by atoms with Gasteiger partial charge in [0.2, 0.25) is 5.91 Å². The van der Waals surface area contributed by atoms with E-state index in [1.54, 1.807) is 6.92 Å². The van der Waals surface area contributed by atoms with E-state index < -0.39 is 6.04 Å². The number of carbonyl (C=O) groups excluding carboxylic acids is 1. The highest BCUT2D eigenvalue weighted by Crippen LogP contribution is 2.26. The maximum atomic E-state index is 12.1. The van der Waals surface area contributed by atoms with Gasteiger partial charge in [0, 0.05) is 16.7 Å². The molecule has 0 spiro atoms. The molecule has 1 atom stereocenters. The van der Waals surface area contributed by atoms with Crippen LogP contribution in [0.25, 0.3) is 0 Å². The Bertz CT molecular complexity index is 828. The second-order valence-corrected chi connectivity index (χ2v) is 5.36. The molecule has 1 aliphatic rings. The molecule has 0 aromatic heterocycles. The van der Waals surface area contributed by atoms with Crippen LogP contribution in [0.4, 0.5) is 5.69 Å². The number of terminal acetylenes is 1. The third-order valence-electron chi connectivity index (χ3n) is 3.80. The molecule has 108 valence electrons. The van der Waals surface area contributed by atoms with Crippen molar-refractivity contribution in [2.45, 2.75) is 19.9 Å².